The van der Waals surface area contributed by atoms with Gasteiger partial charge in [0, 0.05) is 19.3 Å². The minimum absolute atomic E-state index is 0.0118. The lowest BCUT2D eigenvalue weighted by Gasteiger charge is -2.36. The molecule has 4 amide bonds. The molecule has 2 unspecified atom stereocenters. The van der Waals surface area contributed by atoms with Crippen molar-refractivity contribution >= 4 is 35.2 Å². The smallest absolute Gasteiger partial charge is 0.410 e. The highest BCUT2D eigenvalue weighted by Crippen LogP contribution is 2.38. The number of likely N-dealkylation sites (N-methyl/N-ethyl adjacent to an activating group) is 1. The summed E-state index contributed by atoms with van der Waals surface area (Å²) in [6, 6.07) is 4.56. The highest BCUT2D eigenvalue weighted by Gasteiger charge is 2.45. The summed E-state index contributed by atoms with van der Waals surface area (Å²) in [5.74, 6) is -4.03. The van der Waals surface area contributed by atoms with Crippen molar-refractivity contribution in [1.29, 1.82) is 0 Å². The molecule has 0 fully saturated rings. The molecule has 0 bridgehead atoms. The van der Waals surface area contributed by atoms with Crippen LogP contribution in [0.15, 0.2) is 36.4 Å². The third kappa shape index (κ3) is 7.15. The van der Waals surface area contributed by atoms with Gasteiger partial charge in [0.15, 0.2) is 0 Å². The van der Waals surface area contributed by atoms with Crippen LogP contribution in [0.5, 0.6) is 0 Å². The largest absolute Gasteiger partial charge is 0.444 e. The topological polar surface area (TPSA) is 134 Å². The summed E-state index contributed by atoms with van der Waals surface area (Å²) in [5, 5.41) is 5.02. The fourth-order valence-corrected chi connectivity index (χ4v) is 4.50. The van der Waals surface area contributed by atoms with E-state index in [0.29, 0.717) is 16.8 Å². The van der Waals surface area contributed by atoms with Crippen molar-refractivity contribution < 1.29 is 32.7 Å². The molecule has 3 atom stereocenters. The standard InChI is InChI=1S/C30H39F2N5O5/c1-16(36(8)28(41)42-30(5,6)7)25(38)35-24(29(2,3)4)27(40)37-15-17-12-13-18(33)14-19(17)23(37)26(39)34-22-20(31)10-9-11-21(22)32/h9-14,16,23-24H,15,33H2,1-8H3,(H,34,39)(H,35,38)/t16-,23?,24?/m0/s1. The van der Waals surface area contributed by atoms with Gasteiger partial charge in [-0.1, -0.05) is 32.9 Å². The molecule has 10 nitrogen and oxygen atoms in total. The summed E-state index contributed by atoms with van der Waals surface area (Å²) in [5.41, 5.74) is 5.06. The highest BCUT2D eigenvalue weighted by molar-refractivity contribution is 6.00. The molecule has 12 heteroatoms. The second-order valence-corrected chi connectivity index (χ2v) is 12.5. The maximum absolute atomic E-state index is 14.4. The first-order chi connectivity index (χ1) is 19.3. The molecule has 2 aromatic carbocycles. The van der Waals surface area contributed by atoms with Crippen LogP contribution >= 0.6 is 0 Å². The second kappa shape index (κ2) is 11.9. The summed E-state index contributed by atoms with van der Waals surface area (Å²) < 4.78 is 34.1. The zero-order valence-electron chi connectivity index (χ0n) is 25.2. The minimum Gasteiger partial charge on any atom is -0.444 e. The Morgan fingerprint density at radius 3 is 2.19 bits per heavy atom. The number of para-hydroxylation sites is 1. The molecule has 0 spiro atoms. The number of nitrogens with one attached hydrogen (secondary N) is 2. The molecule has 1 aliphatic rings. The van der Waals surface area contributed by atoms with Crippen molar-refractivity contribution in [2.45, 2.75) is 78.7 Å². The van der Waals surface area contributed by atoms with Gasteiger partial charge in [0.1, 0.15) is 41.0 Å². The monoisotopic (exact) mass is 587 g/mol. The molecule has 0 saturated heterocycles. The van der Waals surface area contributed by atoms with Gasteiger partial charge in [0.25, 0.3) is 5.91 Å². The molecule has 0 radical (unpaired) electrons. The van der Waals surface area contributed by atoms with E-state index in [1.54, 1.807) is 53.7 Å². The van der Waals surface area contributed by atoms with Crippen molar-refractivity contribution in [3.8, 4) is 0 Å². The number of halogens is 2. The number of hydrogen-bond acceptors (Lipinski definition) is 6. The van der Waals surface area contributed by atoms with Crippen molar-refractivity contribution in [3.63, 3.8) is 0 Å². The van der Waals surface area contributed by atoms with E-state index >= 15 is 0 Å². The fraction of sp³-hybridized carbons (Fsp3) is 0.467. The van der Waals surface area contributed by atoms with Gasteiger partial charge >= 0.3 is 6.09 Å². The first-order valence-electron chi connectivity index (χ1n) is 13.5. The molecule has 42 heavy (non-hydrogen) atoms. The number of benzene rings is 2. The van der Waals surface area contributed by atoms with Gasteiger partial charge < -0.3 is 26.0 Å². The molecule has 1 aliphatic heterocycles. The van der Waals surface area contributed by atoms with Crippen LogP contribution in [-0.4, -0.2) is 58.3 Å². The predicted molar refractivity (Wildman–Crippen MR) is 154 cm³/mol. The van der Waals surface area contributed by atoms with Crippen molar-refractivity contribution in [3.05, 3.63) is 59.2 Å². The average molecular weight is 588 g/mol. The second-order valence-electron chi connectivity index (χ2n) is 12.5. The van der Waals surface area contributed by atoms with Crippen LogP contribution < -0.4 is 16.4 Å². The summed E-state index contributed by atoms with van der Waals surface area (Å²) in [7, 11) is 1.41. The van der Waals surface area contributed by atoms with E-state index in [-0.39, 0.29) is 6.54 Å². The van der Waals surface area contributed by atoms with E-state index in [1.807, 2.05) is 0 Å². The molecular formula is C30H39F2N5O5. The van der Waals surface area contributed by atoms with Crippen LogP contribution in [0.1, 0.15) is 65.6 Å². The number of ether oxygens (including phenoxy) is 1. The van der Waals surface area contributed by atoms with Gasteiger partial charge in [-0.2, -0.15) is 0 Å². The van der Waals surface area contributed by atoms with Gasteiger partial charge in [-0.15, -0.1) is 0 Å². The zero-order valence-corrected chi connectivity index (χ0v) is 25.2. The quantitative estimate of drug-likeness (QED) is 0.430. The molecule has 3 rings (SSSR count). The maximum atomic E-state index is 14.4. The molecule has 4 N–H and O–H groups in total. The number of carbonyl (C=O) groups is 4. The lowest BCUT2D eigenvalue weighted by Crippen LogP contribution is -2.58. The summed E-state index contributed by atoms with van der Waals surface area (Å²) in [4.78, 5) is 55.9. The van der Waals surface area contributed by atoms with Crippen LogP contribution in [0.3, 0.4) is 0 Å². The molecule has 1 heterocycles. The van der Waals surface area contributed by atoms with E-state index in [9.17, 15) is 28.0 Å². The minimum atomic E-state index is -1.29. The van der Waals surface area contributed by atoms with Gasteiger partial charge in [-0.3, -0.25) is 19.3 Å². The Bertz CT molecular complexity index is 1360. The lowest BCUT2D eigenvalue weighted by molar-refractivity contribution is -0.145. The van der Waals surface area contributed by atoms with Crippen LogP contribution in [0.4, 0.5) is 25.0 Å². The number of nitrogens with two attached hydrogens (primary N) is 1. The predicted octanol–water partition coefficient (Wildman–Crippen LogP) is 4.36. The summed E-state index contributed by atoms with van der Waals surface area (Å²) in [6.45, 7) is 11.8. The van der Waals surface area contributed by atoms with Crippen molar-refractivity contribution in [1.82, 2.24) is 15.1 Å². The number of hydrogen-bond donors (Lipinski definition) is 3. The van der Waals surface area contributed by atoms with Crippen LogP contribution in [0, 0.1) is 17.0 Å². The number of rotatable bonds is 6. The Morgan fingerprint density at radius 2 is 1.64 bits per heavy atom. The number of nitrogens with zero attached hydrogens (tertiary/aromatic N) is 2. The highest BCUT2D eigenvalue weighted by atomic mass is 19.1. The molecular weight excluding hydrogens is 548 g/mol. The SMILES string of the molecule is C[C@@H](C(=O)NC(C(=O)N1Cc2ccc(N)cc2C1C(=O)Nc1c(F)cccc1F)C(C)(C)C)N(C)C(=O)OC(C)(C)C. The Balaban J connectivity index is 1.93. The lowest BCUT2D eigenvalue weighted by atomic mass is 9.85. The first-order valence-corrected chi connectivity index (χ1v) is 13.5. The molecule has 0 aliphatic carbocycles. The molecule has 228 valence electrons. The summed E-state index contributed by atoms with van der Waals surface area (Å²) in [6.07, 6.45) is -0.714. The van der Waals surface area contributed by atoms with E-state index in [0.717, 1.165) is 17.0 Å². The first kappa shape index (κ1) is 32.3. The maximum Gasteiger partial charge on any atom is 0.410 e. The van der Waals surface area contributed by atoms with Gasteiger partial charge in [0.2, 0.25) is 11.8 Å². The zero-order chi connectivity index (χ0) is 31.7. The van der Waals surface area contributed by atoms with Crippen LogP contribution in [-0.2, 0) is 25.7 Å². The Hall–Kier alpha value is -4.22. The van der Waals surface area contributed by atoms with Gasteiger partial charge in [-0.25, -0.2) is 13.6 Å². The van der Waals surface area contributed by atoms with Gasteiger partial charge in [-0.05, 0) is 68.5 Å². The average Bonchev–Trinajstić information content (AvgIpc) is 3.25. The van der Waals surface area contributed by atoms with Crippen LogP contribution in [0.2, 0.25) is 0 Å². The molecule has 0 aromatic heterocycles. The van der Waals surface area contributed by atoms with E-state index in [4.69, 9.17) is 10.5 Å². The van der Waals surface area contributed by atoms with Gasteiger partial charge in [0.05, 0.1) is 0 Å². The molecule has 2 aromatic rings. The number of anilines is 2. The summed E-state index contributed by atoms with van der Waals surface area (Å²) >= 11 is 0. The van der Waals surface area contributed by atoms with E-state index in [2.05, 4.69) is 10.6 Å². The fourth-order valence-electron chi connectivity index (χ4n) is 4.50. The molecule has 0 saturated carbocycles. The van der Waals surface area contributed by atoms with E-state index in [1.165, 1.54) is 31.0 Å². The number of nitrogen functional groups attached to an aromatic ring is 1. The third-order valence-electron chi connectivity index (χ3n) is 6.90. The van der Waals surface area contributed by atoms with E-state index < -0.39 is 70.3 Å². The Labute approximate surface area is 244 Å². The Morgan fingerprint density at radius 1 is 1.05 bits per heavy atom. The van der Waals surface area contributed by atoms with Crippen molar-refractivity contribution in [2.24, 2.45) is 5.41 Å². The normalized spacial score (nSPS) is 16.2. The Kier molecular flexibility index (Phi) is 9.19. The van der Waals surface area contributed by atoms with Crippen molar-refractivity contribution in [2.75, 3.05) is 18.1 Å². The van der Waals surface area contributed by atoms with Crippen LogP contribution in [0.25, 0.3) is 0 Å². The number of amides is 4. The number of carbonyl (C=O) groups excluding carboxylic acids is 4. The number of fused-ring (bicyclic) bond motifs is 1. The third-order valence-corrected chi connectivity index (χ3v) is 6.90.